The Balaban J connectivity index is 2.70. The van der Waals surface area contributed by atoms with Crippen molar-refractivity contribution in [3.05, 3.63) is 28.2 Å². The van der Waals surface area contributed by atoms with E-state index in [9.17, 15) is 4.79 Å². The average molecular weight is 291 g/mol. The van der Waals surface area contributed by atoms with Crippen molar-refractivity contribution in [1.82, 2.24) is 0 Å². The third-order valence-corrected chi connectivity index (χ3v) is 3.82. The van der Waals surface area contributed by atoms with Crippen LogP contribution < -0.4 is 0 Å². The Bertz CT molecular complexity index is 355. The average Bonchev–Trinajstić information content (AvgIpc) is 2.20. The van der Waals surface area contributed by atoms with Crippen LogP contribution >= 0.6 is 27.7 Å². The molecule has 0 saturated heterocycles. The van der Waals surface area contributed by atoms with E-state index in [1.807, 2.05) is 0 Å². The van der Waals surface area contributed by atoms with Crippen LogP contribution in [0.2, 0.25) is 0 Å². The molecule has 1 rings (SSSR count). The zero-order chi connectivity index (χ0) is 11.3. The summed E-state index contributed by atoms with van der Waals surface area (Å²) < 4.78 is 0.783. The normalized spacial score (nSPS) is 10.3. The van der Waals surface area contributed by atoms with Gasteiger partial charge in [-0.1, -0.05) is 0 Å². The largest absolute Gasteiger partial charge is 0.478 e. The first-order valence-corrected chi connectivity index (χ1v) is 6.19. The molecule has 0 amide bonds. The molecule has 3 nitrogen and oxygen atoms in total. The lowest BCUT2D eigenvalue weighted by molar-refractivity contribution is 0.0696. The first-order valence-electron chi connectivity index (χ1n) is 4.41. The van der Waals surface area contributed by atoms with Crippen LogP contribution in [0.5, 0.6) is 0 Å². The zero-order valence-corrected chi connectivity index (χ0v) is 10.3. The molecule has 5 heteroatoms. The van der Waals surface area contributed by atoms with Crippen molar-refractivity contribution in [2.45, 2.75) is 11.3 Å². The van der Waals surface area contributed by atoms with Crippen LogP contribution in [0.15, 0.2) is 27.6 Å². The number of carboxylic acid groups (broad SMARTS) is 1. The van der Waals surface area contributed by atoms with Gasteiger partial charge < -0.3 is 10.2 Å². The standard InChI is InChI=1S/C10H11BrO3S/c11-8-6-7(10(13)14)2-3-9(8)15-5-1-4-12/h2-3,6,12H,1,4-5H2,(H,13,14). The quantitative estimate of drug-likeness (QED) is 0.647. The maximum atomic E-state index is 10.7. The van der Waals surface area contributed by atoms with Crippen LogP contribution in [0.3, 0.4) is 0 Å². The van der Waals surface area contributed by atoms with E-state index in [4.69, 9.17) is 10.2 Å². The van der Waals surface area contributed by atoms with Gasteiger partial charge >= 0.3 is 5.97 Å². The van der Waals surface area contributed by atoms with Gasteiger partial charge in [0.2, 0.25) is 0 Å². The smallest absolute Gasteiger partial charge is 0.335 e. The molecule has 0 bridgehead atoms. The van der Waals surface area contributed by atoms with Gasteiger partial charge in [0.05, 0.1) is 5.56 Å². The maximum absolute atomic E-state index is 10.7. The molecule has 2 N–H and O–H groups in total. The van der Waals surface area contributed by atoms with Gasteiger partial charge in [-0.3, -0.25) is 0 Å². The highest BCUT2D eigenvalue weighted by Crippen LogP contribution is 2.28. The third kappa shape index (κ3) is 3.85. The highest BCUT2D eigenvalue weighted by atomic mass is 79.9. The molecular weight excluding hydrogens is 280 g/mol. The number of aromatic carboxylic acids is 1. The number of hydrogen-bond donors (Lipinski definition) is 2. The van der Waals surface area contributed by atoms with E-state index >= 15 is 0 Å². The van der Waals surface area contributed by atoms with Gasteiger partial charge in [-0.15, -0.1) is 11.8 Å². The number of halogens is 1. The Morgan fingerprint density at radius 3 is 2.73 bits per heavy atom. The first-order chi connectivity index (χ1) is 7.15. The van der Waals surface area contributed by atoms with Crippen molar-refractivity contribution < 1.29 is 15.0 Å². The fraction of sp³-hybridized carbons (Fsp3) is 0.300. The summed E-state index contributed by atoms with van der Waals surface area (Å²) in [7, 11) is 0. The summed E-state index contributed by atoms with van der Waals surface area (Å²) in [5, 5.41) is 17.4. The molecule has 1 aromatic rings. The molecule has 82 valence electrons. The number of aliphatic hydroxyl groups excluding tert-OH is 1. The Morgan fingerprint density at radius 1 is 1.47 bits per heavy atom. The van der Waals surface area contributed by atoms with E-state index < -0.39 is 5.97 Å². The van der Waals surface area contributed by atoms with Gasteiger partial charge in [0.1, 0.15) is 0 Å². The number of aliphatic hydroxyl groups is 1. The van der Waals surface area contributed by atoms with Crippen molar-refractivity contribution in [3.63, 3.8) is 0 Å². The number of thioether (sulfide) groups is 1. The van der Waals surface area contributed by atoms with E-state index in [2.05, 4.69) is 15.9 Å². The summed E-state index contributed by atoms with van der Waals surface area (Å²) in [5.74, 6) is -0.107. The molecule has 0 heterocycles. The number of rotatable bonds is 5. The van der Waals surface area contributed by atoms with Crippen LogP contribution in [-0.4, -0.2) is 28.5 Å². The van der Waals surface area contributed by atoms with E-state index in [1.165, 1.54) is 0 Å². The van der Waals surface area contributed by atoms with Crippen LogP contribution in [0.1, 0.15) is 16.8 Å². The Morgan fingerprint density at radius 2 is 2.20 bits per heavy atom. The molecule has 0 aromatic heterocycles. The highest BCUT2D eigenvalue weighted by molar-refractivity contribution is 9.10. The van der Waals surface area contributed by atoms with Crippen molar-refractivity contribution in [2.24, 2.45) is 0 Å². The lowest BCUT2D eigenvalue weighted by Gasteiger charge is -2.04. The number of hydrogen-bond acceptors (Lipinski definition) is 3. The molecule has 0 radical (unpaired) electrons. The molecule has 0 spiro atoms. The van der Waals surface area contributed by atoms with E-state index in [-0.39, 0.29) is 12.2 Å². The minimum atomic E-state index is -0.928. The number of carbonyl (C=O) groups is 1. The molecule has 0 aliphatic rings. The van der Waals surface area contributed by atoms with Gasteiger partial charge in [0, 0.05) is 21.7 Å². The summed E-state index contributed by atoms with van der Waals surface area (Å²) in [6.07, 6.45) is 0.734. The molecule has 0 unspecified atom stereocenters. The fourth-order valence-corrected chi connectivity index (χ4v) is 2.57. The number of benzene rings is 1. The Kier molecular flexibility index (Phi) is 5.14. The summed E-state index contributed by atoms with van der Waals surface area (Å²) in [6, 6.07) is 4.94. The second-order valence-corrected chi connectivity index (χ2v) is 4.87. The second-order valence-electron chi connectivity index (χ2n) is 2.88. The van der Waals surface area contributed by atoms with Crippen molar-refractivity contribution >= 4 is 33.7 Å². The lowest BCUT2D eigenvalue weighted by Crippen LogP contribution is -1.96. The summed E-state index contributed by atoms with van der Waals surface area (Å²) in [4.78, 5) is 11.7. The van der Waals surface area contributed by atoms with E-state index in [0.29, 0.717) is 0 Å². The van der Waals surface area contributed by atoms with Gasteiger partial charge in [-0.05, 0) is 40.5 Å². The van der Waals surface area contributed by atoms with Crippen molar-refractivity contribution in [2.75, 3.05) is 12.4 Å². The van der Waals surface area contributed by atoms with Crippen molar-refractivity contribution in [3.8, 4) is 0 Å². The van der Waals surface area contributed by atoms with E-state index in [1.54, 1.807) is 30.0 Å². The van der Waals surface area contributed by atoms with Crippen LogP contribution in [0, 0.1) is 0 Å². The van der Waals surface area contributed by atoms with Gasteiger partial charge in [-0.25, -0.2) is 4.79 Å². The highest BCUT2D eigenvalue weighted by Gasteiger charge is 2.06. The number of carboxylic acids is 1. The molecule has 0 atom stereocenters. The summed E-state index contributed by atoms with van der Waals surface area (Å²) in [6.45, 7) is 0.178. The van der Waals surface area contributed by atoms with E-state index in [0.717, 1.165) is 21.5 Å². The van der Waals surface area contributed by atoms with Gasteiger partial charge in [0.15, 0.2) is 0 Å². The van der Waals surface area contributed by atoms with Gasteiger partial charge in [-0.2, -0.15) is 0 Å². The Hall–Kier alpha value is -0.520. The van der Waals surface area contributed by atoms with Crippen molar-refractivity contribution in [1.29, 1.82) is 0 Å². The maximum Gasteiger partial charge on any atom is 0.335 e. The summed E-state index contributed by atoms with van der Waals surface area (Å²) >= 11 is 4.91. The lowest BCUT2D eigenvalue weighted by atomic mass is 10.2. The Labute approximate surface area is 101 Å². The molecule has 0 saturated carbocycles. The minimum Gasteiger partial charge on any atom is -0.478 e. The molecule has 15 heavy (non-hydrogen) atoms. The third-order valence-electron chi connectivity index (χ3n) is 1.74. The second kappa shape index (κ2) is 6.15. The molecule has 1 aromatic carbocycles. The predicted octanol–water partition coefficient (Wildman–Crippen LogP) is 2.62. The molecular formula is C10H11BrO3S. The first kappa shape index (κ1) is 12.5. The topological polar surface area (TPSA) is 57.5 Å². The molecule has 0 aliphatic heterocycles. The van der Waals surface area contributed by atoms with Crippen LogP contribution in [0.4, 0.5) is 0 Å². The fourth-order valence-electron chi connectivity index (χ4n) is 0.998. The van der Waals surface area contributed by atoms with Crippen LogP contribution in [-0.2, 0) is 0 Å². The predicted molar refractivity (Wildman–Crippen MR) is 63.5 cm³/mol. The SMILES string of the molecule is O=C(O)c1ccc(SCCCO)c(Br)c1. The van der Waals surface area contributed by atoms with Crippen LogP contribution in [0.25, 0.3) is 0 Å². The monoisotopic (exact) mass is 290 g/mol. The minimum absolute atomic E-state index is 0.178. The summed E-state index contributed by atoms with van der Waals surface area (Å²) in [5.41, 5.74) is 0.272. The zero-order valence-electron chi connectivity index (χ0n) is 7.94. The molecule has 0 aliphatic carbocycles. The van der Waals surface area contributed by atoms with Gasteiger partial charge in [0.25, 0.3) is 0 Å². The molecule has 0 fully saturated rings.